The molecule has 2 amide bonds. The number of hydrogen-bond acceptors (Lipinski definition) is 4. The van der Waals surface area contributed by atoms with Crippen LogP contribution in [0.5, 0.6) is 5.75 Å². The molecular formula is C26H25N3O3. The second-order valence-corrected chi connectivity index (χ2v) is 7.90. The highest BCUT2D eigenvalue weighted by Crippen LogP contribution is 2.29. The number of methoxy groups -OCH3 is 1. The molecule has 4 rings (SSSR count). The highest BCUT2D eigenvalue weighted by Gasteiger charge is 2.15. The van der Waals surface area contributed by atoms with Crippen LogP contribution in [0.4, 0.5) is 0 Å². The zero-order valence-corrected chi connectivity index (χ0v) is 18.3. The molecule has 0 fully saturated rings. The third-order valence-corrected chi connectivity index (χ3v) is 5.16. The van der Waals surface area contributed by atoms with Crippen LogP contribution in [-0.2, 0) is 4.79 Å². The molecule has 0 bridgehead atoms. The Kier molecular flexibility index (Phi) is 6.03. The predicted molar refractivity (Wildman–Crippen MR) is 127 cm³/mol. The van der Waals surface area contributed by atoms with Crippen LogP contribution in [0.2, 0.25) is 0 Å². The van der Waals surface area contributed by atoms with Gasteiger partial charge >= 0.3 is 0 Å². The fourth-order valence-electron chi connectivity index (χ4n) is 3.65. The Balaban J connectivity index is 1.71. The van der Waals surface area contributed by atoms with E-state index >= 15 is 0 Å². The van der Waals surface area contributed by atoms with Crippen LogP contribution in [0, 0.1) is 0 Å². The molecule has 2 N–H and O–H groups in total. The van der Waals surface area contributed by atoms with Gasteiger partial charge in [0.2, 0.25) is 5.91 Å². The smallest absolute Gasteiger partial charge is 0.252 e. The minimum atomic E-state index is -0.311. The number of fused-ring (bicyclic) bond motifs is 2. The Labute approximate surface area is 186 Å². The topological polar surface area (TPSA) is 80.3 Å². The van der Waals surface area contributed by atoms with Gasteiger partial charge in [-0.25, -0.2) is 4.98 Å². The van der Waals surface area contributed by atoms with Crippen molar-refractivity contribution >= 4 is 33.5 Å². The molecule has 3 aromatic carbocycles. The Hall–Kier alpha value is -3.93. The highest BCUT2D eigenvalue weighted by molar-refractivity contribution is 6.08. The van der Waals surface area contributed by atoms with Crippen LogP contribution >= 0.6 is 0 Å². The van der Waals surface area contributed by atoms with Crippen molar-refractivity contribution in [1.29, 1.82) is 0 Å². The maximum absolute atomic E-state index is 13.0. The van der Waals surface area contributed by atoms with E-state index in [9.17, 15) is 9.59 Å². The number of ether oxygens (including phenoxy) is 1. The van der Waals surface area contributed by atoms with Crippen molar-refractivity contribution in [3.8, 4) is 17.0 Å². The van der Waals surface area contributed by atoms with Crippen LogP contribution in [-0.4, -0.2) is 36.5 Å². The van der Waals surface area contributed by atoms with Crippen molar-refractivity contribution in [2.24, 2.45) is 0 Å². The van der Waals surface area contributed by atoms with Gasteiger partial charge in [0.15, 0.2) is 0 Å². The van der Waals surface area contributed by atoms with Gasteiger partial charge in [0, 0.05) is 17.0 Å². The van der Waals surface area contributed by atoms with Gasteiger partial charge in [-0.1, -0.05) is 36.4 Å². The zero-order chi connectivity index (χ0) is 22.7. The molecule has 0 atom stereocenters. The summed E-state index contributed by atoms with van der Waals surface area (Å²) < 4.78 is 5.30. The maximum Gasteiger partial charge on any atom is 0.252 e. The number of nitrogens with one attached hydrogen (secondary N) is 2. The van der Waals surface area contributed by atoms with Gasteiger partial charge in [-0.3, -0.25) is 9.59 Å². The Morgan fingerprint density at radius 1 is 0.969 bits per heavy atom. The molecule has 0 aliphatic rings. The van der Waals surface area contributed by atoms with Gasteiger partial charge < -0.3 is 15.4 Å². The Morgan fingerprint density at radius 3 is 2.50 bits per heavy atom. The molecule has 6 nitrogen and oxygen atoms in total. The first-order valence-electron chi connectivity index (χ1n) is 10.5. The summed E-state index contributed by atoms with van der Waals surface area (Å²) in [6.45, 7) is 3.67. The monoisotopic (exact) mass is 427 g/mol. The van der Waals surface area contributed by atoms with E-state index in [0.717, 1.165) is 33.0 Å². The Morgan fingerprint density at radius 2 is 1.72 bits per heavy atom. The summed E-state index contributed by atoms with van der Waals surface area (Å²) in [5.41, 5.74) is 2.80. The largest absolute Gasteiger partial charge is 0.497 e. The fraction of sp³-hybridized carbons (Fsp3) is 0.192. The first kappa shape index (κ1) is 21.3. The lowest BCUT2D eigenvalue weighted by atomic mass is 10.0. The fourth-order valence-corrected chi connectivity index (χ4v) is 3.65. The summed E-state index contributed by atoms with van der Waals surface area (Å²) in [5.74, 6) is 0.265. The number of amides is 2. The van der Waals surface area contributed by atoms with Crippen molar-refractivity contribution in [2.45, 2.75) is 19.9 Å². The average Bonchev–Trinajstić information content (AvgIpc) is 2.80. The van der Waals surface area contributed by atoms with Crippen LogP contribution in [0.15, 0.2) is 66.7 Å². The summed E-state index contributed by atoms with van der Waals surface area (Å²) in [6, 6.07) is 21.2. The van der Waals surface area contributed by atoms with Gasteiger partial charge in [-0.05, 0) is 55.0 Å². The van der Waals surface area contributed by atoms with Crippen LogP contribution < -0.4 is 15.4 Å². The summed E-state index contributed by atoms with van der Waals surface area (Å²) in [7, 11) is 1.65. The molecule has 0 radical (unpaired) electrons. The van der Waals surface area contributed by atoms with Crippen LogP contribution in [0.3, 0.4) is 0 Å². The van der Waals surface area contributed by atoms with Crippen LogP contribution in [0.25, 0.3) is 32.9 Å². The summed E-state index contributed by atoms with van der Waals surface area (Å²) in [5, 5.41) is 8.35. The van der Waals surface area contributed by atoms with Crippen LogP contribution in [0.1, 0.15) is 24.2 Å². The van der Waals surface area contributed by atoms with E-state index in [-0.39, 0.29) is 24.4 Å². The van der Waals surface area contributed by atoms with E-state index < -0.39 is 0 Å². The minimum absolute atomic E-state index is 0.0145. The zero-order valence-electron chi connectivity index (χ0n) is 18.3. The van der Waals surface area contributed by atoms with E-state index in [1.54, 1.807) is 13.2 Å². The third-order valence-electron chi connectivity index (χ3n) is 5.16. The average molecular weight is 428 g/mol. The standard InChI is InChI=1S/C26H25N3O3/c1-16(2)28-25(30)15-27-26(31)22-14-24(29-23-7-5-4-6-21(22)23)19-9-8-18-13-20(32-3)11-10-17(18)12-19/h4-14,16H,15H2,1-3H3,(H,27,31)(H,28,30). The van der Waals surface area contributed by atoms with Gasteiger partial charge in [0.1, 0.15) is 5.75 Å². The quantitative estimate of drug-likeness (QED) is 0.480. The number of para-hydroxylation sites is 1. The second-order valence-electron chi connectivity index (χ2n) is 7.90. The minimum Gasteiger partial charge on any atom is -0.497 e. The van der Waals surface area contributed by atoms with Gasteiger partial charge in [0.05, 0.1) is 30.4 Å². The number of nitrogens with zero attached hydrogens (tertiary/aromatic N) is 1. The van der Waals surface area contributed by atoms with E-state index in [4.69, 9.17) is 9.72 Å². The molecule has 1 heterocycles. The van der Waals surface area contributed by atoms with Crippen molar-refractivity contribution in [3.63, 3.8) is 0 Å². The van der Waals surface area contributed by atoms with Crippen molar-refractivity contribution < 1.29 is 14.3 Å². The molecule has 0 saturated carbocycles. The van der Waals surface area contributed by atoms with E-state index in [0.29, 0.717) is 11.3 Å². The molecular weight excluding hydrogens is 402 g/mol. The molecule has 6 heteroatoms. The first-order valence-corrected chi connectivity index (χ1v) is 10.5. The SMILES string of the molecule is COc1ccc2cc(-c3cc(C(=O)NCC(=O)NC(C)C)c4ccccc4n3)ccc2c1. The van der Waals surface area contributed by atoms with E-state index in [1.807, 2.05) is 74.5 Å². The molecule has 162 valence electrons. The number of pyridine rings is 1. The number of benzene rings is 3. The number of hydrogen-bond donors (Lipinski definition) is 2. The Bertz CT molecular complexity index is 1310. The summed E-state index contributed by atoms with van der Waals surface area (Å²) >= 11 is 0. The summed E-state index contributed by atoms with van der Waals surface area (Å²) in [4.78, 5) is 29.7. The second kappa shape index (κ2) is 9.06. The molecule has 4 aromatic rings. The number of aromatic nitrogens is 1. The lowest BCUT2D eigenvalue weighted by Crippen LogP contribution is -2.39. The number of rotatable bonds is 6. The first-order chi connectivity index (χ1) is 15.4. The molecule has 1 aromatic heterocycles. The lowest BCUT2D eigenvalue weighted by molar-refractivity contribution is -0.120. The van der Waals surface area contributed by atoms with Gasteiger partial charge in [-0.2, -0.15) is 0 Å². The maximum atomic E-state index is 13.0. The summed E-state index contributed by atoms with van der Waals surface area (Å²) in [6.07, 6.45) is 0. The molecule has 32 heavy (non-hydrogen) atoms. The highest BCUT2D eigenvalue weighted by atomic mass is 16.5. The van der Waals surface area contributed by atoms with Crippen molar-refractivity contribution in [2.75, 3.05) is 13.7 Å². The van der Waals surface area contributed by atoms with E-state index in [1.165, 1.54) is 0 Å². The lowest BCUT2D eigenvalue weighted by Gasteiger charge is -2.12. The molecule has 0 spiro atoms. The number of carbonyl (C=O) groups is 2. The van der Waals surface area contributed by atoms with Gasteiger partial charge in [0.25, 0.3) is 5.91 Å². The van der Waals surface area contributed by atoms with Crippen molar-refractivity contribution in [1.82, 2.24) is 15.6 Å². The molecule has 0 unspecified atom stereocenters. The van der Waals surface area contributed by atoms with Gasteiger partial charge in [-0.15, -0.1) is 0 Å². The molecule has 0 aliphatic carbocycles. The molecule has 0 aliphatic heterocycles. The number of carbonyl (C=O) groups excluding carboxylic acids is 2. The predicted octanol–water partition coefficient (Wildman–Crippen LogP) is 4.32. The van der Waals surface area contributed by atoms with Crippen molar-refractivity contribution in [3.05, 3.63) is 72.3 Å². The normalized spacial score (nSPS) is 11.0. The third kappa shape index (κ3) is 4.54. The van der Waals surface area contributed by atoms with E-state index in [2.05, 4.69) is 10.6 Å². The molecule has 0 saturated heterocycles.